The van der Waals surface area contributed by atoms with E-state index in [1.54, 1.807) is 7.11 Å². The van der Waals surface area contributed by atoms with E-state index in [9.17, 15) is 14.7 Å². The number of carbonyl (C=O) groups is 2. The van der Waals surface area contributed by atoms with Crippen molar-refractivity contribution in [1.82, 2.24) is 10.2 Å². The van der Waals surface area contributed by atoms with Gasteiger partial charge in [-0.3, -0.25) is 9.59 Å². The summed E-state index contributed by atoms with van der Waals surface area (Å²) < 4.78 is 5.13. The van der Waals surface area contributed by atoms with E-state index in [2.05, 4.69) is 48.5 Å². The lowest BCUT2D eigenvalue weighted by Crippen LogP contribution is -2.27. The fourth-order valence-corrected chi connectivity index (χ4v) is 5.62. The van der Waals surface area contributed by atoms with Crippen molar-refractivity contribution in [1.29, 1.82) is 0 Å². The number of nitrogens with one attached hydrogen (secondary N) is 1. The Morgan fingerprint density at radius 3 is 2.55 bits per heavy atom. The first-order valence-electron chi connectivity index (χ1n) is 14.2. The van der Waals surface area contributed by atoms with E-state index in [0.29, 0.717) is 31.6 Å². The second kappa shape index (κ2) is 15.6. The molecule has 1 amide bonds. The van der Waals surface area contributed by atoms with Crippen molar-refractivity contribution >= 4 is 11.9 Å². The number of aryl methyl sites for hydroxylation is 1. The molecule has 0 bridgehead atoms. The molecule has 0 radical (unpaired) electrons. The van der Waals surface area contributed by atoms with Gasteiger partial charge in [-0.15, -0.1) is 0 Å². The monoisotopic (exact) mass is 522 g/mol. The summed E-state index contributed by atoms with van der Waals surface area (Å²) in [7, 11) is 3.80. The normalized spacial score (nSPS) is 14.9. The third-order valence-electron chi connectivity index (χ3n) is 7.89. The summed E-state index contributed by atoms with van der Waals surface area (Å²) in [4.78, 5) is 26.9. The van der Waals surface area contributed by atoms with Crippen LogP contribution in [-0.2, 0) is 16.1 Å². The molecule has 2 aromatic carbocycles. The lowest BCUT2D eigenvalue weighted by atomic mass is 9.87. The molecule has 0 spiro atoms. The number of aliphatic carboxylic acids is 1. The van der Waals surface area contributed by atoms with Gasteiger partial charge in [-0.05, 0) is 86.0 Å². The molecular formula is C32H46N2O4. The van der Waals surface area contributed by atoms with E-state index in [4.69, 9.17) is 4.74 Å². The summed E-state index contributed by atoms with van der Waals surface area (Å²) in [5.41, 5.74) is 4.99. The molecule has 0 heterocycles. The largest absolute Gasteiger partial charge is 0.481 e. The first-order valence-corrected chi connectivity index (χ1v) is 14.2. The molecule has 1 unspecified atom stereocenters. The highest BCUT2D eigenvalue weighted by molar-refractivity contribution is 6.01. The van der Waals surface area contributed by atoms with Crippen LogP contribution in [0.5, 0.6) is 0 Å². The molecular weight excluding hydrogens is 476 g/mol. The molecule has 1 saturated carbocycles. The van der Waals surface area contributed by atoms with E-state index in [0.717, 1.165) is 35.7 Å². The van der Waals surface area contributed by atoms with Crippen LogP contribution >= 0.6 is 0 Å². The average Bonchev–Trinajstić information content (AvgIpc) is 2.91. The van der Waals surface area contributed by atoms with Gasteiger partial charge in [0.2, 0.25) is 0 Å². The van der Waals surface area contributed by atoms with Crippen molar-refractivity contribution in [2.75, 3.05) is 33.9 Å². The Morgan fingerprint density at radius 2 is 1.84 bits per heavy atom. The van der Waals surface area contributed by atoms with Crippen LogP contribution in [0, 0.1) is 18.8 Å². The van der Waals surface area contributed by atoms with Crippen LogP contribution in [0.3, 0.4) is 0 Å². The van der Waals surface area contributed by atoms with Crippen molar-refractivity contribution < 1.29 is 19.4 Å². The van der Waals surface area contributed by atoms with Gasteiger partial charge in [-0.2, -0.15) is 0 Å². The SMILES string of the molecule is COCCC(CCNC(=O)c1ccc(CN(C)CCC2CCCCC2)cc1-c1ccccc1C)CC(=O)O. The Labute approximate surface area is 228 Å². The summed E-state index contributed by atoms with van der Waals surface area (Å²) in [5, 5.41) is 12.3. The summed E-state index contributed by atoms with van der Waals surface area (Å²) in [6.07, 6.45) is 9.50. The van der Waals surface area contributed by atoms with Crippen LogP contribution in [0.2, 0.25) is 0 Å². The highest BCUT2D eigenvalue weighted by Crippen LogP contribution is 2.29. The quantitative estimate of drug-likeness (QED) is 0.286. The molecule has 2 N–H and O–H groups in total. The van der Waals surface area contributed by atoms with E-state index in [1.807, 2.05) is 18.2 Å². The van der Waals surface area contributed by atoms with Crippen LogP contribution < -0.4 is 5.32 Å². The number of benzene rings is 2. The topological polar surface area (TPSA) is 78.9 Å². The zero-order chi connectivity index (χ0) is 27.3. The summed E-state index contributed by atoms with van der Waals surface area (Å²) >= 11 is 0. The van der Waals surface area contributed by atoms with Crippen molar-refractivity contribution in [2.24, 2.45) is 11.8 Å². The minimum absolute atomic E-state index is 0.0323. The molecule has 0 aromatic heterocycles. The lowest BCUT2D eigenvalue weighted by Gasteiger charge is -2.25. The number of carboxylic acids is 1. The predicted octanol–water partition coefficient (Wildman–Crippen LogP) is 6.31. The van der Waals surface area contributed by atoms with Crippen molar-refractivity contribution in [2.45, 2.75) is 71.3 Å². The van der Waals surface area contributed by atoms with Gasteiger partial charge in [0.25, 0.3) is 5.91 Å². The van der Waals surface area contributed by atoms with Crippen molar-refractivity contribution in [3.63, 3.8) is 0 Å². The van der Waals surface area contributed by atoms with Crippen LogP contribution in [0.4, 0.5) is 0 Å². The maximum absolute atomic E-state index is 13.3. The number of carbonyl (C=O) groups excluding carboxylic acids is 1. The smallest absolute Gasteiger partial charge is 0.303 e. The Hall–Kier alpha value is -2.70. The summed E-state index contributed by atoms with van der Waals surface area (Å²) in [6, 6.07) is 14.4. The van der Waals surface area contributed by atoms with Crippen molar-refractivity contribution in [3.05, 3.63) is 59.2 Å². The maximum atomic E-state index is 13.3. The number of ether oxygens (including phenoxy) is 1. The number of hydrogen-bond acceptors (Lipinski definition) is 4. The minimum Gasteiger partial charge on any atom is -0.481 e. The van der Waals surface area contributed by atoms with Crippen LogP contribution in [0.15, 0.2) is 42.5 Å². The predicted molar refractivity (Wildman–Crippen MR) is 153 cm³/mol. The van der Waals surface area contributed by atoms with Gasteiger partial charge >= 0.3 is 5.97 Å². The summed E-state index contributed by atoms with van der Waals surface area (Å²) in [6.45, 7) is 4.96. The Kier molecular flexibility index (Phi) is 12.3. The van der Waals surface area contributed by atoms with Crippen molar-refractivity contribution in [3.8, 4) is 11.1 Å². The third kappa shape index (κ3) is 9.55. The van der Waals surface area contributed by atoms with Crippen LogP contribution in [0.1, 0.15) is 79.3 Å². The molecule has 208 valence electrons. The molecule has 0 aliphatic heterocycles. The Balaban J connectivity index is 1.69. The first-order chi connectivity index (χ1) is 18.4. The molecule has 1 aliphatic rings. The summed E-state index contributed by atoms with van der Waals surface area (Å²) in [5.74, 6) is -0.112. The van der Waals surface area contributed by atoms with Crippen LogP contribution in [0.25, 0.3) is 11.1 Å². The number of nitrogens with zero attached hydrogens (tertiary/aromatic N) is 1. The zero-order valence-corrected chi connectivity index (χ0v) is 23.5. The number of methoxy groups -OCH3 is 1. The number of rotatable bonds is 15. The molecule has 3 rings (SSSR count). The fraction of sp³-hybridized carbons (Fsp3) is 0.562. The van der Waals surface area contributed by atoms with Gasteiger partial charge in [0.15, 0.2) is 0 Å². The lowest BCUT2D eigenvalue weighted by molar-refractivity contribution is -0.138. The van der Waals surface area contributed by atoms with Gasteiger partial charge in [0.05, 0.1) is 0 Å². The Bertz CT molecular complexity index is 1030. The van der Waals surface area contributed by atoms with Gasteiger partial charge in [0, 0.05) is 38.8 Å². The minimum atomic E-state index is -0.821. The molecule has 1 fully saturated rings. The van der Waals surface area contributed by atoms with Gasteiger partial charge in [-0.1, -0.05) is 62.4 Å². The molecule has 38 heavy (non-hydrogen) atoms. The van der Waals surface area contributed by atoms with E-state index < -0.39 is 5.97 Å². The number of carboxylic acid groups (broad SMARTS) is 1. The Morgan fingerprint density at radius 1 is 1.08 bits per heavy atom. The number of amides is 1. The van der Waals surface area contributed by atoms with E-state index >= 15 is 0 Å². The molecule has 2 aromatic rings. The molecule has 1 aliphatic carbocycles. The fourth-order valence-electron chi connectivity index (χ4n) is 5.62. The molecule has 0 saturated heterocycles. The van der Waals surface area contributed by atoms with E-state index in [1.165, 1.54) is 44.1 Å². The second-order valence-electron chi connectivity index (χ2n) is 11.0. The van der Waals surface area contributed by atoms with Gasteiger partial charge < -0.3 is 20.1 Å². The van der Waals surface area contributed by atoms with Gasteiger partial charge in [-0.25, -0.2) is 0 Å². The maximum Gasteiger partial charge on any atom is 0.303 e. The molecule has 6 nitrogen and oxygen atoms in total. The third-order valence-corrected chi connectivity index (χ3v) is 7.89. The molecule has 6 heteroatoms. The second-order valence-corrected chi connectivity index (χ2v) is 11.0. The van der Waals surface area contributed by atoms with Gasteiger partial charge in [0.1, 0.15) is 0 Å². The molecule has 1 atom stereocenters. The zero-order valence-electron chi connectivity index (χ0n) is 23.5. The highest BCUT2D eigenvalue weighted by Gasteiger charge is 2.18. The standard InChI is InChI=1S/C32H46N2O4/c1-24-9-7-8-12-28(24)30-21-27(23-34(2)19-16-25-10-5-4-6-11-25)13-14-29(30)32(37)33-18-15-26(17-20-38-3)22-31(35)36/h7-9,12-14,21,25-26H,4-6,10-11,15-20,22-23H2,1-3H3,(H,33,37)(H,35,36). The average molecular weight is 523 g/mol. The highest BCUT2D eigenvalue weighted by atomic mass is 16.5. The number of hydrogen-bond donors (Lipinski definition) is 2. The van der Waals surface area contributed by atoms with E-state index in [-0.39, 0.29) is 18.2 Å². The first kappa shape index (κ1) is 29.9. The van der Waals surface area contributed by atoms with Crippen LogP contribution in [-0.4, -0.2) is 55.7 Å².